The molecular weight excluding hydrogens is 368 g/mol. The maximum Gasteiger partial charge on any atom is 0.313 e. The van der Waals surface area contributed by atoms with Crippen LogP contribution in [0.3, 0.4) is 0 Å². The van der Waals surface area contributed by atoms with Crippen LogP contribution in [0.15, 0.2) is 48.5 Å². The highest BCUT2D eigenvalue weighted by atomic mass is 16.5. The van der Waals surface area contributed by atoms with Gasteiger partial charge in [0.05, 0.1) is 6.54 Å². The van der Waals surface area contributed by atoms with Crippen molar-refractivity contribution < 1.29 is 19.4 Å². The van der Waals surface area contributed by atoms with Gasteiger partial charge in [-0.2, -0.15) is 0 Å². The molecule has 2 aromatic carbocycles. The molecule has 0 aromatic heterocycles. The van der Waals surface area contributed by atoms with Crippen LogP contribution in [-0.2, 0) is 19.9 Å². The van der Waals surface area contributed by atoms with Crippen LogP contribution in [0.2, 0.25) is 0 Å². The van der Waals surface area contributed by atoms with Crippen molar-refractivity contribution in [3.63, 3.8) is 0 Å². The molecule has 1 aliphatic rings. The molecule has 0 unspecified atom stereocenters. The molecular formula is C23H28N2O4. The number of amides is 2. The van der Waals surface area contributed by atoms with Crippen molar-refractivity contribution in [3.8, 4) is 0 Å². The van der Waals surface area contributed by atoms with Crippen LogP contribution >= 0.6 is 0 Å². The number of rotatable bonds is 5. The lowest BCUT2D eigenvalue weighted by molar-refractivity contribution is -0.137. The summed E-state index contributed by atoms with van der Waals surface area (Å²) in [6, 6.07) is 14.8. The molecule has 0 spiro atoms. The van der Waals surface area contributed by atoms with Crippen molar-refractivity contribution >= 4 is 17.5 Å². The second-order valence-electron chi connectivity index (χ2n) is 7.56. The van der Waals surface area contributed by atoms with Gasteiger partial charge in [-0.05, 0) is 55.4 Å². The normalized spacial score (nSPS) is 16.7. The Kier molecular flexibility index (Phi) is 6.67. The van der Waals surface area contributed by atoms with Crippen LogP contribution in [-0.4, -0.2) is 36.7 Å². The smallest absolute Gasteiger partial charge is 0.313 e. The zero-order valence-corrected chi connectivity index (χ0v) is 16.9. The molecule has 2 aromatic rings. The van der Waals surface area contributed by atoms with Crippen LogP contribution in [0.5, 0.6) is 0 Å². The summed E-state index contributed by atoms with van der Waals surface area (Å²) in [5.41, 5.74) is 2.01. The molecule has 1 aliphatic heterocycles. The lowest BCUT2D eigenvalue weighted by Gasteiger charge is -2.39. The van der Waals surface area contributed by atoms with E-state index in [1.807, 2.05) is 56.3 Å². The molecule has 154 valence electrons. The Labute approximate surface area is 171 Å². The fraction of sp³-hybridized carbons (Fsp3) is 0.391. The van der Waals surface area contributed by atoms with Gasteiger partial charge >= 0.3 is 11.8 Å². The minimum atomic E-state index is -1.26. The SMILES string of the molecule is Cc1cccc(NC(=O)C(=O)NC[C@@](O)(c2ccccc2)C2CCOCC2)c1C. The van der Waals surface area contributed by atoms with E-state index in [0.29, 0.717) is 31.7 Å². The van der Waals surface area contributed by atoms with Crippen molar-refractivity contribution in [1.29, 1.82) is 0 Å². The van der Waals surface area contributed by atoms with Gasteiger partial charge in [-0.15, -0.1) is 0 Å². The van der Waals surface area contributed by atoms with Crippen molar-refractivity contribution in [2.75, 3.05) is 25.1 Å². The fourth-order valence-electron chi connectivity index (χ4n) is 3.74. The van der Waals surface area contributed by atoms with Crippen LogP contribution in [0.25, 0.3) is 0 Å². The van der Waals surface area contributed by atoms with E-state index in [1.165, 1.54) is 0 Å². The molecule has 0 bridgehead atoms. The van der Waals surface area contributed by atoms with Gasteiger partial charge in [0.15, 0.2) is 0 Å². The van der Waals surface area contributed by atoms with Crippen LogP contribution in [0, 0.1) is 19.8 Å². The number of hydrogen-bond acceptors (Lipinski definition) is 4. The highest BCUT2D eigenvalue weighted by molar-refractivity contribution is 6.39. The van der Waals surface area contributed by atoms with Crippen LogP contribution < -0.4 is 10.6 Å². The number of carbonyl (C=O) groups excluding carboxylic acids is 2. The van der Waals surface area contributed by atoms with Crippen LogP contribution in [0.4, 0.5) is 5.69 Å². The Balaban J connectivity index is 1.71. The minimum Gasteiger partial charge on any atom is -0.383 e. The fourth-order valence-corrected chi connectivity index (χ4v) is 3.74. The first-order valence-corrected chi connectivity index (χ1v) is 9.93. The summed E-state index contributed by atoms with van der Waals surface area (Å²) < 4.78 is 5.42. The number of carbonyl (C=O) groups is 2. The summed E-state index contributed by atoms with van der Waals surface area (Å²) >= 11 is 0. The third-order valence-electron chi connectivity index (χ3n) is 5.75. The number of nitrogens with one attached hydrogen (secondary N) is 2. The molecule has 1 atom stereocenters. The predicted molar refractivity (Wildman–Crippen MR) is 111 cm³/mol. The average Bonchev–Trinajstić information content (AvgIpc) is 2.76. The zero-order chi connectivity index (χ0) is 20.9. The highest BCUT2D eigenvalue weighted by Crippen LogP contribution is 2.35. The lowest BCUT2D eigenvalue weighted by Crippen LogP contribution is -2.49. The molecule has 6 nitrogen and oxygen atoms in total. The van der Waals surface area contributed by atoms with E-state index in [-0.39, 0.29) is 12.5 Å². The van der Waals surface area contributed by atoms with Gasteiger partial charge in [-0.25, -0.2) is 0 Å². The van der Waals surface area contributed by atoms with E-state index in [2.05, 4.69) is 10.6 Å². The zero-order valence-electron chi connectivity index (χ0n) is 16.9. The van der Waals surface area contributed by atoms with Crippen molar-refractivity contribution in [3.05, 3.63) is 65.2 Å². The average molecular weight is 396 g/mol. The first-order valence-electron chi connectivity index (χ1n) is 9.93. The monoisotopic (exact) mass is 396 g/mol. The summed E-state index contributed by atoms with van der Waals surface area (Å²) in [4.78, 5) is 24.8. The molecule has 2 amide bonds. The predicted octanol–water partition coefficient (Wildman–Crippen LogP) is 2.67. The summed E-state index contributed by atoms with van der Waals surface area (Å²) in [6.07, 6.45) is 1.38. The number of aryl methyl sites for hydroxylation is 1. The number of ether oxygens (including phenoxy) is 1. The molecule has 1 heterocycles. The summed E-state index contributed by atoms with van der Waals surface area (Å²) in [5.74, 6) is -1.59. The minimum absolute atomic E-state index is 0.0409. The van der Waals surface area contributed by atoms with Gasteiger partial charge in [-0.3, -0.25) is 9.59 Å². The van der Waals surface area contributed by atoms with E-state index >= 15 is 0 Å². The number of benzene rings is 2. The van der Waals surface area contributed by atoms with E-state index in [9.17, 15) is 14.7 Å². The number of anilines is 1. The Bertz CT molecular complexity index is 862. The molecule has 1 saturated heterocycles. The third kappa shape index (κ3) is 4.83. The van der Waals surface area contributed by atoms with Gasteiger partial charge in [0.25, 0.3) is 0 Å². The van der Waals surface area contributed by atoms with Gasteiger partial charge in [0.1, 0.15) is 5.60 Å². The Hall–Kier alpha value is -2.70. The maximum absolute atomic E-state index is 12.4. The Morgan fingerprint density at radius 1 is 1.03 bits per heavy atom. The maximum atomic E-state index is 12.4. The quantitative estimate of drug-likeness (QED) is 0.678. The third-order valence-corrected chi connectivity index (χ3v) is 5.75. The standard InChI is InChI=1S/C23H28N2O4/c1-16-7-6-10-20(17(16)2)25-22(27)21(26)24-15-23(28,18-8-4-3-5-9-18)19-11-13-29-14-12-19/h3-10,19,28H,11-15H2,1-2H3,(H,24,26)(H,25,27)/t23-/m1/s1. The van der Waals surface area contributed by atoms with Crippen molar-refractivity contribution in [2.45, 2.75) is 32.3 Å². The second-order valence-corrected chi connectivity index (χ2v) is 7.56. The molecule has 0 radical (unpaired) electrons. The Morgan fingerprint density at radius 2 is 1.72 bits per heavy atom. The topological polar surface area (TPSA) is 87.7 Å². The van der Waals surface area contributed by atoms with Gasteiger partial charge in [0.2, 0.25) is 0 Å². The lowest BCUT2D eigenvalue weighted by atomic mass is 9.77. The summed E-state index contributed by atoms with van der Waals surface area (Å²) in [5, 5.41) is 16.8. The van der Waals surface area contributed by atoms with Gasteiger partial charge in [-0.1, -0.05) is 42.5 Å². The largest absolute Gasteiger partial charge is 0.383 e. The highest BCUT2D eigenvalue weighted by Gasteiger charge is 2.39. The Morgan fingerprint density at radius 3 is 2.41 bits per heavy atom. The molecule has 3 rings (SSSR count). The number of aliphatic hydroxyl groups is 1. The van der Waals surface area contributed by atoms with Crippen LogP contribution in [0.1, 0.15) is 29.5 Å². The molecule has 1 fully saturated rings. The van der Waals surface area contributed by atoms with Crippen molar-refractivity contribution in [1.82, 2.24) is 5.32 Å². The molecule has 29 heavy (non-hydrogen) atoms. The first-order chi connectivity index (χ1) is 13.9. The van der Waals surface area contributed by atoms with E-state index < -0.39 is 17.4 Å². The molecule has 0 aliphatic carbocycles. The number of hydrogen-bond donors (Lipinski definition) is 3. The second kappa shape index (κ2) is 9.20. The molecule has 0 saturated carbocycles. The first kappa shape index (κ1) is 21.0. The molecule has 3 N–H and O–H groups in total. The van der Waals surface area contributed by atoms with Gasteiger partial charge in [0, 0.05) is 18.9 Å². The molecule has 6 heteroatoms. The van der Waals surface area contributed by atoms with E-state index in [4.69, 9.17) is 4.74 Å². The van der Waals surface area contributed by atoms with E-state index in [0.717, 1.165) is 16.7 Å². The van der Waals surface area contributed by atoms with Crippen molar-refractivity contribution in [2.24, 2.45) is 5.92 Å². The summed E-state index contributed by atoms with van der Waals surface area (Å²) in [6.45, 7) is 4.93. The summed E-state index contributed by atoms with van der Waals surface area (Å²) in [7, 11) is 0. The van der Waals surface area contributed by atoms with E-state index in [1.54, 1.807) is 6.07 Å². The van der Waals surface area contributed by atoms with Gasteiger partial charge < -0.3 is 20.5 Å².